The molecule has 0 aliphatic heterocycles. The number of thiophene rings is 1. The minimum atomic E-state index is -3.62. The summed E-state index contributed by atoms with van der Waals surface area (Å²) in [6.45, 7) is 1.87. The topological polar surface area (TPSA) is 55.8 Å². The molecule has 0 fully saturated rings. The van der Waals surface area contributed by atoms with Crippen molar-refractivity contribution in [2.45, 2.75) is 17.9 Å². The van der Waals surface area contributed by atoms with E-state index in [4.69, 9.17) is 9.47 Å². The van der Waals surface area contributed by atoms with Gasteiger partial charge in [-0.2, -0.15) is 4.31 Å². The molecule has 7 heteroatoms. The highest BCUT2D eigenvalue weighted by atomic mass is 32.2. The Kier molecular flexibility index (Phi) is 5.10. The smallest absolute Gasteiger partial charge is 0.243 e. The first kappa shape index (κ1) is 16.8. The van der Waals surface area contributed by atoms with Crippen LogP contribution in [0.15, 0.2) is 40.6 Å². The van der Waals surface area contributed by atoms with Gasteiger partial charge in [-0.3, -0.25) is 0 Å². The molecule has 5 nitrogen and oxygen atoms in total. The molecule has 0 aliphatic rings. The van der Waals surface area contributed by atoms with E-state index < -0.39 is 10.0 Å². The van der Waals surface area contributed by atoms with Gasteiger partial charge >= 0.3 is 0 Å². The zero-order valence-electron chi connectivity index (χ0n) is 12.9. The number of hydrogen-bond donors (Lipinski definition) is 0. The highest BCUT2D eigenvalue weighted by Crippen LogP contribution is 2.33. The zero-order valence-corrected chi connectivity index (χ0v) is 14.6. The summed E-state index contributed by atoms with van der Waals surface area (Å²) in [5.41, 5.74) is 0. The number of nitrogens with zero attached hydrogens (tertiary/aromatic N) is 1. The Morgan fingerprint density at radius 3 is 2.36 bits per heavy atom. The van der Waals surface area contributed by atoms with Crippen molar-refractivity contribution < 1.29 is 17.9 Å². The number of benzene rings is 1. The van der Waals surface area contributed by atoms with E-state index in [0.29, 0.717) is 11.5 Å². The Bertz CT molecular complexity index is 726. The first-order chi connectivity index (χ1) is 10.4. The molecule has 2 rings (SSSR count). The highest BCUT2D eigenvalue weighted by Gasteiger charge is 2.27. The molecule has 0 spiro atoms. The third-order valence-corrected chi connectivity index (χ3v) is 6.50. The molecule has 1 aromatic heterocycles. The van der Waals surface area contributed by atoms with Gasteiger partial charge in [0, 0.05) is 18.0 Å². The quantitative estimate of drug-likeness (QED) is 0.810. The fourth-order valence-electron chi connectivity index (χ4n) is 2.06. The minimum Gasteiger partial charge on any atom is -0.493 e. The molecule has 0 saturated heterocycles. The monoisotopic (exact) mass is 341 g/mol. The molecule has 0 N–H and O–H groups in total. The van der Waals surface area contributed by atoms with E-state index in [1.165, 1.54) is 42.0 Å². The number of sulfonamides is 1. The molecule has 1 atom stereocenters. The average molecular weight is 341 g/mol. The summed E-state index contributed by atoms with van der Waals surface area (Å²) in [5.74, 6) is 0.885. The maximum atomic E-state index is 12.8. The van der Waals surface area contributed by atoms with Crippen molar-refractivity contribution in [2.24, 2.45) is 0 Å². The highest BCUT2D eigenvalue weighted by molar-refractivity contribution is 7.89. The molecule has 0 radical (unpaired) electrons. The predicted octanol–water partition coefficient (Wildman–Crippen LogP) is 3.15. The summed E-state index contributed by atoms with van der Waals surface area (Å²) in [4.78, 5) is 1.17. The summed E-state index contributed by atoms with van der Waals surface area (Å²) in [7, 11) is 0.952. The van der Waals surface area contributed by atoms with Gasteiger partial charge in [-0.1, -0.05) is 6.07 Å². The van der Waals surface area contributed by atoms with E-state index in [0.717, 1.165) is 4.88 Å². The van der Waals surface area contributed by atoms with Gasteiger partial charge < -0.3 is 9.47 Å². The van der Waals surface area contributed by atoms with Crippen LogP contribution in [0.4, 0.5) is 0 Å². The Balaban J connectivity index is 2.37. The first-order valence-corrected chi connectivity index (χ1v) is 8.97. The molecule has 2 aromatic rings. The number of hydrogen-bond acceptors (Lipinski definition) is 5. The largest absolute Gasteiger partial charge is 0.493 e. The SMILES string of the molecule is COc1ccc(S(=O)(=O)N(C)C(C)c2cccs2)cc1OC. The van der Waals surface area contributed by atoms with E-state index in [-0.39, 0.29) is 10.9 Å². The van der Waals surface area contributed by atoms with Crippen LogP contribution in [0.1, 0.15) is 17.8 Å². The van der Waals surface area contributed by atoms with Crippen molar-refractivity contribution in [3.8, 4) is 11.5 Å². The number of rotatable bonds is 6. The number of methoxy groups -OCH3 is 2. The molecule has 0 amide bonds. The van der Waals surface area contributed by atoms with Crippen molar-refractivity contribution >= 4 is 21.4 Å². The van der Waals surface area contributed by atoms with E-state index in [1.54, 1.807) is 13.1 Å². The standard InChI is InChI=1S/C15H19NO4S2/c1-11(15-6-5-9-21-15)16(2)22(17,18)12-7-8-13(19-3)14(10-12)20-4/h5-11H,1-4H3. The summed E-state index contributed by atoms with van der Waals surface area (Å²) in [6.07, 6.45) is 0. The Labute approximate surface area is 135 Å². The lowest BCUT2D eigenvalue weighted by Gasteiger charge is -2.23. The van der Waals surface area contributed by atoms with Gasteiger partial charge in [-0.05, 0) is 30.5 Å². The van der Waals surface area contributed by atoms with Gasteiger partial charge in [0.1, 0.15) is 0 Å². The normalized spacial score (nSPS) is 13.1. The van der Waals surface area contributed by atoms with Crippen LogP contribution in [-0.2, 0) is 10.0 Å². The maximum Gasteiger partial charge on any atom is 0.243 e. The van der Waals surface area contributed by atoms with Crippen molar-refractivity contribution in [3.63, 3.8) is 0 Å². The molecule has 0 aliphatic carbocycles. The fraction of sp³-hybridized carbons (Fsp3) is 0.333. The van der Waals surface area contributed by atoms with Crippen LogP contribution in [0.3, 0.4) is 0 Å². The first-order valence-electron chi connectivity index (χ1n) is 6.65. The second-order valence-corrected chi connectivity index (χ2v) is 7.71. The van der Waals surface area contributed by atoms with Crippen molar-refractivity contribution in [3.05, 3.63) is 40.6 Å². The lowest BCUT2D eigenvalue weighted by molar-refractivity contribution is 0.353. The van der Waals surface area contributed by atoms with E-state index >= 15 is 0 Å². The fourth-order valence-corrected chi connectivity index (χ4v) is 4.31. The molecule has 1 heterocycles. The third kappa shape index (κ3) is 3.11. The van der Waals surface area contributed by atoms with Gasteiger partial charge in [-0.25, -0.2) is 8.42 Å². The summed E-state index contributed by atoms with van der Waals surface area (Å²) < 4.78 is 37.2. The Morgan fingerprint density at radius 1 is 1.14 bits per heavy atom. The van der Waals surface area contributed by atoms with Crippen LogP contribution in [0.25, 0.3) is 0 Å². The average Bonchev–Trinajstić information content (AvgIpc) is 3.06. The molecular formula is C15H19NO4S2. The number of ether oxygens (including phenoxy) is 2. The van der Waals surface area contributed by atoms with Crippen LogP contribution in [-0.4, -0.2) is 34.0 Å². The predicted molar refractivity (Wildman–Crippen MR) is 87.2 cm³/mol. The molecule has 1 unspecified atom stereocenters. The molecule has 0 bridgehead atoms. The van der Waals surface area contributed by atoms with E-state index in [9.17, 15) is 8.42 Å². The van der Waals surface area contributed by atoms with E-state index in [2.05, 4.69) is 0 Å². The van der Waals surface area contributed by atoms with Gasteiger partial charge in [0.25, 0.3) is 0 Å². The summed E-state index contributed by atoms with van der Waals surface area (Å²) in [6, 6.07) is 8.19. The molecule has 120 valence electrons. The lowest BCUT2D eigenvalue weighted by atomic mass is 10.3. The van der Waals surface area contributed by atoms with Gasteiger partial charge in [-0.15, -0.1) is 11.3 Å². The van der Waals surface area contributed by atoms with Gasteiger partial charge in [0.2, 0.25) is 10.0 Å². The van der Waals surface area contributed by atoms with Crippen LogP contribution in [0.2, 0.25) is 0 Å². The molecule has 22 heavy (non-hydrogen) atoms. The summed E-state index contributed by atoms with van der Waals surface area (Å²) >= 11 is 1.53. The van der Waals surface area contributed by atoms with Crippen molar-refractivity contribution in [1.82, 2.24) is 4.31 Å². The van der Waals surface area contributed by atoms with Gasteiger partial charge in [0.15, 0.2) is 11.5 Å². The Morgan fingerprint density at radius 2 is 1.82 bits per heavy atom. The molecule has 0 saturated carbocycles. The molecule has 1 aromatic carbocycles. The summed E-state index contributed by atoms with van der Waals surface area (Å²) in [5, 5.41) is 1.93. The molecular weight excluding hydrogens is 322 g/mol. The van der Waals surface area contributed by atoms with E-state index in [1.807, 2.05) is 24.4 Å². The second-order valence-electron chi connectivity index (χ2n) is 4.73. The van der Waals surface area contributed by atoms with Crippen molar-refractivity contribution in [2.75, 3.05) is 21.3 Å². The van der Waals surface area contributed by atoms with Crippen LogP contribution >= 0.6 is 11.3 Å². The van der Waals surface area contributed by atoms with Crippen LogP contribution in [0.5, 0.6) is 11.5 Å². The Hall–Kier alpha value is -1.57. The minimum absolute atomic E-state index is 0.177. The zero-order chi connectivity index (χ0) is 16.3. The van der Waals surface area contributed by atoms with Gasteiger partial charge in [0.05, 0.1) is 25.2 Å². The second kappa shape index (κ2) is 6.68. The third-order valence-electron chi connectivity index (χ3n) is 3.53. The lowest BCUT2D eigenvalue weighted by Crippen LogP contribution is -2.29. The van der Waals surface area contributed by atoms with Crippen molar-refractivity contribution in [1.29, 1.82) is 0 Å². The van der Waals surface area contributed by atoms with Crippen LogP contribution in [0, 0.1) is 0 Å². The van der Waals surface area contributed by atoms with Crippen LogP contribution < -0.4 is 9.47 Å². The maximum absolute atomic E-state index is 12.8.